The van der Waals surface area contributed by atoms with Gasteiger partial charge in [0.25, 0.3) is 0 Å². The third-order valence-electron chi connectivity index (χ3n) is 8.28. The molecule has 2 aromatic carbocycles. The molecule has 224 valence electrons. The summed E-state index contributed by atoms with van der Waals surface area (Å²) in [6, 6.07) is 18.2. The van der Waals surface area contributed by atoms with Crippen molar-refractivity contribution in [1.29, 1.82) is 0 Å². The largest absolute Gasteiger partial charge is 0.444 e. The Balaban J connectivity index is 0.00000462. The maximum atomic E-state index is 13.9. The molecule has 2 N–H and O–H groups in total. The van der Waals surface area contributed by atoms with Gasteiger partial charge in [0.2, 0.25) is 11.8 Å². The summed E-state index contributed by atoms with van der Waals surface area (Å²) in [6.07, 6.45) is 5.53. The first kappa shape index (κ1) is 32.5. The first-order chi connectivity index (χ1) is 18.9. The maximum Gasteiger partial charge on any atom is 0.408 e. The number of rotatable bonds is 8. The number of hydrogen-bond donors (Lipinski definition) is 2. The average Bonchev–Trinajstić information content (AvgIpc) is 3.25. The molecule has 1 aliphatic carbocycles. The number of carbonyl (C=O) groups is 3. The van der Waals surface area contributed by atoms with Gasteiger partial charge < -0.3 is 20.3 Å². The quantitative estimate of drug-likeness (QED) is 0.416. The SMILES string of the molecule is CC(C)(C)OC(=O)NC(C)(C)C(=O)N[C@H](CCCc1ccccc1)C(=O)N1CCC2(CCc3ccccc32)CC1.Cl. The standard InChI is InChI=1S/C33H45N3O4.ClH/c1-31(2,3)40-30(39)35-32(4,5)29(38)34-27(17-11-14-24-12-7-6-8-13-24)28(37)36-22-20-33(21-23-36)19-18-25-15-9-10-16-26(25)33;/h6-10,12-13,15-16,27H,11,14,17-23H2,1-5H3,(H,34,38)(H,35,39);1H/t27-;/m1./s1. The highest BCUT2D eigenvalue weighted by Crippen LogP contribution is 2.46. The molecule has 1 spiro atoms. The highest BCUT2D eigenvalue weighted by atomic mass is 35.5. The Labute approximate surface area is 251 Å². The minimum absolute atomic E-state index is 0. The van der Waals surface area contributed by atoms with E-state index in [0.717, 1.165) is 38.5 Å². The molecule has 0 radical (unpaired) electrons. The summed E-state index contributed by atoms with van der Waals surface area (Å²) in [6.45, 7) is 9.92. The van der Waals surface area contributed by atoms with E-state index < -0.39 is 29.2 Å². The number of piperidine rings is 1. The van der Waals surface area contributed by atoms with E-state index in [1.165, 1.54) is 16.7 Å². The number of carbonyl (C=O) groups excluding carboxylic acids is 3. The molecule has 0 unspecified atom stereocenters. The minimum atomic E-state index is -1.25. The van der Waals surface area contributed by atoms with Gasteiger partial charge in [0, 0.05) is 13.1 Å². The van der Waals surface area contributed by atoms with Crippen molar-refractivity contribution >= 4 is 30.3 Å². The van der Waals surface area contributed by atoms with Crippen LogP contribution in [0.5, 0.6) is 0 Å². The summed E-state index contributed by atoms with van der Waals surface area (Å²) < 4.78 is 5.35. The van der Waals surface area contributed by atoms with E-state index in [4.69, 9.17) is 4.74 Å². The van der Waals surface area contributed by atoms with Crippen molar-refractivity contribution in [2.75, 3.05) is 13.1 Å². The van der Waals surface area contributed by atoms with E-state index in [-0.39, 0.29) is 23.7 Å². The Hall–Kier alpha value is -3.06. The third kappa shape index (κ3) is 8.25. The van der Waals surface area contributed by atoms with Gasteiger partial charge in [-0.2, -0.15) is 0 Å². The molecule has 1 fully saturated rings. The van der Waals surface area contributed by atoms with Gasteiger partial charge >= 0.3 is 6.09 Å². The number of nitrogens with zero attached hydrogens (tertiary/aromatic N) is 1. The lowest BCUT2D eigenvalue weighted by molar-refractivity contribution is -0.139. The molecule has 1 aliphatic heterocycles. The monoisotopic (exact) mass is 583 g/mol. The second-order valence-corrected chi connectivity index (χ2v) is 12.9. The van der Waals surface area contributed by atoms with Gasteiger partial charge in [-0.05, 0) is 102 Å². The number of likely N-dealkylation sites (tertiary alicyclic amines) is 1. The summed E-state index contributed by atoms with van der Waals surface area (Å²) in [5, 5.41) is 5.65. The smallest absolute Gasteiger partial charge is 0.408 e. The first-order valence-corrected chi connectivity index (χ1v) is 14.6. The van der Waals surface area contributed by atoms with E-state index in [2.05, 4.69) is 47.0 Å². The van der Waals surface area contributed by atoms with E-state index >= 15 is 0 Å². The molecule has 0 bridgehead atoms. The van der Waals surface area contributed by atoms with Gasteiger partial charge in [-0.15, -0.1) is 12.4 Å². The fourth-order valence-corrected chi connectivity index (χ4v) is 6.03. The Kier molecular flexibility index (Phi) is 10.5. The van der Waals surface area contributed by atoms with Gasteiger partial charge in [-0.25, -0.2) is 4.79 Å². The number of ether oxygens (including phenoxy) is 1. The number of halogens is 1. The Morgan fingerprint density at radius 1 is 0.927 bits per heavy atom. The molecule has 4 rings (SSSR count). The Morgan fingerprint density at radius 3 is 2.22 bits per heavy atom. The highest BCUT2D eigenvalue weighted by Gasteiger charge is 2.43. The predicted molar refractivity (Wildman–Crippen MR) is 164 cm³/mol. The van der Waals surface area contributed by atoms with Crippen LogP contribution in [0.1, 0.15) is 83.4 Å². The van der Waals surface area contributed by atoms with Gasteiger partial charge in [0.1, 0.15) is 17.2 Å². The van der Waals surface area contributed by atoms with Crippen LogP contribution in [0.25, 0.3) is 0 Å². The topological polar surface area (TPSA) is 87.7 Å². The number of hydrogen-bond acceptors (Lipinski definition) is 4. The van der Waals surface area contributed by atoms with Crippen molar-refractivity contribution in [2.45, 2.75) is 102 Å². The maximum absolute atomic E-state index is 13.9. The summed E-state index contributed by atoms with van der Waals surface area (Å²) in [7, 11) is 0. The van der Waals surface area contributed by atoms with Crippen LogP contribution in [0.4, 0.5) is 4.79 Å². The lowest BCUT2D eigenvalue weighted by Crippen LogP contribution is -2.60. The molecule has 2 aromatic rings. The van der Waals surface area contributed by atoms with Crippen molar-refractivity contribution in [3.05, 3.63) is 71.3 Å². The highest BCUT2D eigenvalue weighted by molar-refractivity contribution is 5.93. The number of amides is 3. The summed E-state index contributed by atoms with van der Waals surface area (Å²) in [4.78, 5) is 41.6. The third-order valence-corrected chi connectivity index (χ3v) is 8.28. The number of fused-ring (bicyclic) bond motifs is 2. The van der Waals surface area contributed by atoms with Gasteiger partial charge in [-0.3, -0.25) is 9.59 Å². The molecule has 2 aliphatic rings. The molecule has 1 atom stereocenters. The molecule has 3 amide bonds. The van der Waals surface area contributed by atoms with Crippen LogP contribution in [-0.2, 0) is 32.6 Å². The van der Waals surface area contributed by atoms with Crippen molar-refractivity contribution in [3.8, 4) is 0 Å². The Morgan fingerprint density at radius 2 is 1.56 bits per heavy atom. The minimum Gasteiger partial charge on any atom is -0.444 e. The number of benzene rings is 2. The van der Waals surface area contributed by atoms with Crippen LogP contribution in [0.2, 0.25) is 0 Å². The van der Waals surface area contributed by atoms with Crippen molar-refractivity contribution in [1.82, 2.24) is 15.5 Å². The van der Waals surface area contributed by atoms with E-state index in [0.29, 0.717) is 19.5 Å². The first-order valence-electron chi connectivity index (χ1n) is 14.6. The lowest BCUT2D eigenvalue weighted by atomic mass is 9.74. The second kappa shape index (κ2) is 13.3. The van der Waals surface area contributed by atoms with Crippen LogP contribution in [-0.4, -0.2) is 53.1 Å². The molecular formula is C33H46ClN3O4. The Bertz CT molecular complexity index is 1200. The average molecular weight is 584 g/mol. The zero-order chi connectivity index (χ0) is 29.0. The predicted octanol–water partition coefficient (Wildman–Crippen LogP) is 5.73. The zero-order valence-corrected chi connectivity index (χ0v) is 25.9. The van der Waals surface area contributed by atoms with Crippen LogP contribution < -0.4 is 10.6 Å². The van der Waals surface area contributed by atoms with Crippen LogP contribution in [0.15, 0.2) is 54.6 Å². The molecule has 0 aromatic heterocycles. The fourth-order valence-electron chi connectivity index (χ4n) is 6.03. The van der Waals surface area contributed by atoms with Gasteiger partial charge in [0.15, 0.2) is 0 Å². The summed E-state index contributed by atoms with van der Waals surface area (Å²) in [5.74, 6) is -0.453. The van der Waals surface area contributed by atoms with E-state index in [1.54, 1.807) is 34.6 Å². The van der Waals surface area contributed by atoms with E-state index in [1.807, 2.05) is 23.1 Å². The summed E-state index contributed by atoms with van der Waals surface area (Å²) >= 11 is 0. The number of alkyl carbamates (subject to hydrolysis) is 1. The van der Waals surface area contributed by atoms with Crippen LogP contribution >= 0.6 is 12.4 Å². The number of aryl methyl sites for hydroxylation is 2. The molecular weight excluding hydrogens is 538 g/mol. The molecule has 0 saturated carbocycles. The zero-order valence-electron chi connectivity index (χ0n) is 25.1. The summed E-state index contributed by atoms with van der Waals surface area (Å²) in [5.41, 5.74) is 2.31. The second-order valence-electron chi connectivity index (χ2n) is 12.9. The normalized spacial score (nSPS) is 16.8. The van der Waals surface area contributed by atoms with Crippen LogP contribution in [0.3, 0.4) is 0 Å². The molecule has 7 nitrogen and oxygen atoms in total. The van der Waals surface area contributed by atoms with Crippen molar-refractivity contribution < 1.29 is 19.1 Å². The molecule has 8 heteroatoms. The fraction of sp³-hybridized carbons (Fsp3) is 0.545. The van der Waals surface area contributed by atoms with Crippen LogP contribution in [0, 0.1) is 0 Å². The molecule has 41 heavy (non-hydrogen) atoms. The number of nitrogens with one attached hydrogen (secondary N) is 2. The van der Waals surface area contributed by atoms with E-state index in [9.17, 15) is 14.4 Å². The lowest BCUT2D eigenvalue weighted by Gasteiger charge is -2.41. The van der Waals surface area contributed by atoms with Crippen molar-refractivity contribution in [2.24, 2.45) is 0 Å². The van der Waals surface area contributed by atoms with Crippen molar-refractivity contribution in [3.63, 3.8) is 0 Å². The van der Waals surface area contributed by atoms with Gasteiger partial charge in [0.05, 0.1) is 0 Å². The molecule has 1 heterocycles. The van der Waals surface area contributed by atoms with Gasteiger partial charge in [-0.1, -0.05) is 54.6 Å². The molecule has 1 saturated heterocycles.